The van der Waals surface area contributed by atoms with Gasteiger partial charge in [-0.05, 0) is 30.7 Å². The largest absolute Gasteiger partial charge is 0.481 e. The van der Waals surface area contributed by atoms with Gasteiger partial charge >= 0.3 is 0 Å². The topological polar surface area (TPSA) is 40.5 Å². The Bertz CT molecular complexity index is 1010. The van der Waals surface area contributed by atoms with E-state index in [-0.39, 0.29) is 12.2 Å². The van der Waals surface area contributed by atoms with Crippen molar-refractivity contribution in [2.75, 3.05) is 13.2 Å². The molecule has 0 unspecified atom stereocenters. The minimum atomic E-state index is -0.107. The molecular formula is C21H19NO3. The van der Waals surface area contributed by atoms with Crippen molar-refractivity contribution >= 4 is 10.9 Å². The lowest BCUT2D eigenvalue weighted by molar-refractivity contribution is 0.362. The number of hydrogen-bond acceptors (Lipinski definition) is 3. The number of fused-ring (bicyclic) bond motifs is 1. The summed E-state index contributed by atoms with van der Waals surface area (Å²) in [5.41, 5.74) is 1.80. The molecule has 4 heteroatoms. The van der Waals surface area contributed by atoms with Crippen LogP contribution in [0.4, 0.5) is 0 Å². The predicted octanol–water partition coefficient (Wildman–Crippen LogP) is 3.31. The number of para-hydroxylation sites is 2. The molecule has 3 rings (SSSR count). The number of rotatable bonds is 4. The monoisotopic (exact) mass is 333 g/mol. The summed E-state index contributed by atoms with van der Waals surface area (Å²) in [4.78, 5) is 12.0. The van der Waals surface area contributed by atoms with E-state index >= 15 is 0 Å². The predicted molar refractivity (Wildman–Crippen MR) is 99.1 cm³/mol. The first-order chi connectivity index (χ1) is 12.2. The maximum atomic E-state index is 12.0. The number of nitrogens with zero attached hydrogens (tertiary/aromatic N) is 1. The van der Waals surface area contributed by atoms with Crippen molar-refractivity contribution in [2.45, 2.75) is 6.92 Å². The molecule has 0 saturated carbocycles. The zero-order valence-corrected chi connectivity index (χ0v) is 14.3. The van der Waals surface area contributed by atoms with Crippen molar-refractivity contribution in [1.29, 1.82) is 0 Å². The lowest BCUT2D eigenvalue weighted by Crippen LogP contribution is -2.16. The summed E-state index contributed by atoms with van der Waals surface area (Å²) in [7, 11) is 1.75. The van der Waals surface area contributed by atoms with Gasteiger partial charge in [0.25, 0.3) is 5.56 Å². The van der Waals surface area contributed by atoms with E-state index in [0.717, 1.165) is 22.2 Å². The van der Waals surface area contributed by atoms with Crippen LogP contribution in [0.25, 0.3) is 10.9 Å². The molecule has 1 heterocycles. The van der Waals surface area contributed by atoms with Crippen LogP contribution in [-0.4, -0.2) is 17.8 Å². The zero-order valence-electron chi connectivity index (χ0n) is 14.3. The van der Waals surface area contributed by atoms with Crippen LogP contribution in [0.15, 0.2) is 59.4 Å². The lowest BCUT2D eigenvalue weighted by Gasteiger charge is -2.09. The van der Waals surface area contributed by atoms with E-state index in [2.05, 4.69) is 11.8 Å². The van der Waals surface area contributed by atoms with Crippen LogP contribution >= 0.6 is 0 Å². The van der Waals surface area contributed by atoms with Crippen LogP contribution in [-0.2, 0) is 7.05 Å². The average Bonchev–Trinajstić information content (AvgIpc) is 2.63. The molecule has 126 valence electrons. The fraction of sp³-hybridized carbons (Fsp3) is 0.190. The van der Waals surface area contributed by atoms with Gasteiger partial charge in [0, 0.05) is 18.5 Å². The van der Waals surface area contributed by atoms with Crippen molar-refractivity contribution in [2.24, 2.45) is 7.05 Å². The number of benzene rings is 2. The first kappa shape index (κ1) is 16.7. The van der Waals surface area contributed by atoms with E-state index < -0.39 is 0 Å². The fourth-order valence-corrected chi connectivity index (χ4v) is 2.55. The van der Waals surface area contributed by atoms with Crippen LogP contribution < -0.4 is 15.0 Å². The van der Waals surface area contributed by atoms with Crippen molar-refractivity contribution in [1.82, 2.24) is 4.57 Å². The summed E-state index contributed by atoms with van der Waals surface area (Å²) >= 11 is 0. The molecule has 2 aromatic carbocycles. The highest BCUT2D eigenvalue weighted by atomic mass is 16.5. The highest BCUT2D eigenvalue weighted by Gasteiger charge is 2.06. The molecule has 0 aliphatic carbocycles. The lowest BCUT2D eigenvalue weighted by atomic mass is 10.2. The Balaban J connectivity index is 1.64. The van der Waals surface area contributed by atoms with Crippen molar-refractivity contribution in [3.63, 3.8) is 0 Å². The van der Waals surface area contributed by atoms with E-state index in [1.807, 2.05) is 55.5 Å². The van der Waals surface area contributed by atoms with Gasteiger partial charge in [-0.2, -0.15) is 0 Å². The molecule has 25 heavy (non-hydrogen) atoms. The third-order valence-electron chi connectivity index (χ3n) is 3.93. The molecule has 0 bridgehead atoms. The normalized spacial score (nSPS) is 10.2. The summed E-state index contributed by atoms with van der Waals surface area (Å²) in [6.45, 7) is 2.49. The van der Waals surface area contributed by atoms with Crippen LogP contribution in [0.2, 0.25) is 0 Å². The molecule has 0 spiro atoms. The number of pyridine rings is 1. The van der Waals surface area contributed by atoms with Gasteiger partial charge in [-0.25, -0.2) is 0 Å². The Kier molecular flexibility index (Phi) is 5.06. The van der Waals surface area contributed by atoms with Gasteiger partial charge in [-0.3, -0.25) is 4.79 Å². The maximum Gasteiger partial charge on any atom is 0.254 e. The summed E-state index contributed by atoms with van der Waals surface area (Å²) in [6.07, 6.45) is 0. The quantitative estimate of drug-likeness (QED) is 0.688. The molecule has 0 fully saturated rings. The molecule has 4 nitrogen and oxygen atoms in total. The Morgan fingerprint density at radius 1 is 0.920 bits per heavy atom. The van der Waals surface area contributed by atoms with E-state index in [9.17, 15) is 4.79 Å². The van der Waals surface area contributed by atoms with Gasteiger partial charge in [0.2, 0.25) is 0 Å². The van der Waals surface area contributed by atoms with E-state index in [1.165, 1.54) is 6.07 Å². The first-order valence-electron chi connectivity index (χ1n) is 8.02. The van der Waals surface area contributed by atoms with Gasteiger partial charge in [-0.1, -0.05) is 42.2 Å². The fourth-order valence-electron chi connectivity index (χ4n) is 2.55. The van der Waals surface area contributed by atoms with E-state index in [0.29, 0.717) is 12.4 Å². The van der Waals surface area contributed by atoms with Crippen molar-refractivity contribution < 1.29 is 9.47 Å². The molecule has 0 N–H and O–H groups in total. The number of aryl methyl sites for hydroxylation is 2. The molecule has 0 atom stereocenters. The molecule has 3 aromatic rings. The number of ether oxygens (including phenoxy) is 2. The first-order valence-corrected chi connectivity index (χ1v) is 8.02. The average molecular weight is 333 g/mol. The molecule has 0 amide bonds. The smallest absolute Gasteiger partial charge is 0.254 e. The highest BCUT2D eigenvalue weighted by Crippen LogP contribution is 2.22. The second kappa shape index (κ2) is 7.59. The van der Waals surface area contributed by atoms with E-state index in [4.69, 9.17) is 9.47 Å². The van der Waals surface area contributed by atoms with Gasteiger partial charge in [0.15, 0.2) is 0 Å². The van der Waals surface area contributed by atoms with Crippen molar-refractivity contribution in [3.8, 4) is 23.3 Å². The molecule has 1 aromatic heterocycles. The molecule has 0 aliphatic rings. The minimum Gasteiger partial charge on any atom is -0.481 e. The Morgan fingerprint density at radius 2 is 1.56 bits per heavy atom. The van der Waals surface area contributed by atoms with Gasteiger partial charge in [0.05, 0.1) is 5.52 Å². The summed E-state index contributed by atoms with van der Waals surface area (Å²) in [6, 6.07) is 16.9. The van der Waals surface area contributed by atoms with E-state index in [1.54, 1.807) is 11.6 Å². The van der Waals surface area contributed by atoms with Crippen LogP contribution in [0.1, 0.15) is 5.56 Å². The summed E-state index contributed by atoms with van der Waals surface area (Å²) < 4.78 is 12.9. The maximum absolute atomic E-state index is 12.0. The number of aromatic nitrogens is 1. The number of hydrogen-bond donors (Lipinski definition) is 0. The van der Waals surface area contributed by atoms with Gasteiger partial charge in [-0.15, -0.1) is 0 Å². The zero-order chi connectivity index (χ0) is 17.6. The third kappa shape index (κ3) is 3.84. The van der Waals surface area contributed by atoms with Gasteiger partial charge < -0.3 is 14.0 Å². The molecule has 0 radical (unpaired) electrons. The Labute approximate surface area is 146 Å². The molecule has 0 saturated heterocycles. The second-order valence-corrected chi connectivity index (χ2v) is 5.62. The molecule has 0 aliphatic heterocycles. The minimum absolute atomic E-state index is 0.107. The third-order valence-corrected chi connectivity index (χ3v) is 3.93. The van der Waals surface area contributed by atoms with Crippen LogP contribution in [0, 0.1) is 18.8 Å². The van der Waals surface area contributed by atoms with Crippen molar-refractivity contribution in [3.05, 3.63) is 70.5 Å². The SMILES string of the molecule is Cc1ccccc1OCC#CCOc1cc(=O)n(C)c2ccccc12. The van der Waals surface area contributed by atoms with Gasteiger partial charge in [0.1, 0.15) is 24.7 Å². The highest BCUT2D eigenvalue weighted by molar-refractivity contribution is 5.85. The van der Waals surface area contributed by atoms with Crippen LogP contribution in [0.3, 0.4) is 0 Å². The Morgan fingerprint density at radius 3 is 2.32 bits per heavy atom. The molecular weight excluding hydrogens is 314 g/mol. The Hall–Kier alpha value is -3.19. The summed E-state index contributed by atoms with van der Waals surface area (Å²) in [5.74, 6) is 7.22. The second-order valence-electron chi connectivity index (χ2n) is 5.62. The van der Waals surface area contributed by atoms with Crippen LogP contribution in [0.5, 0.6) is 11.5 Å². The summed E-state index contributed by atoms with van der Waals surface area (Å²) in [5, 5.41) is 0.891. The standard InChI is InChI=1S/C21H19NO3/c1-16-9-3-6-12-19(16)24-13-7-8-14-25-20-15-21(23)22(2)18-11-5-4-10-17(18)20/h3-6,9-12,15H,13-14H2,1-2H3.